The summed E-state index contributed by atoms with van der Waals surface area (Å²) in [5, 5.41) is 13.6. The topological polar surface area (TPSA) is 86.0 Å². The average molecular weight is 314 g/mol. The van der Waals surface area contributed by atoms with Crippen molar-refractivity contribution in [1.82, 2.24) is 14.6 Å². The predicted octanol–water partition coefficient (Wildman–Crippen LogP) is 2.19. The molecule has 0 fully saturated rings. The van der Waals surface area contributed by atoms with Crippen molar-refractivity contribution in [2.45, 2.75) is 26.1 Å². The van der Waals surface area contributed by atoms with E-state index in [4.69, 9.17) is 21.1 Å². The number of ether oxygens (including phenoxy) is 2. The highest BCUT2D eigenvalue weighted by molar-refractivity contribution is 6.29. The second-order valence-corrected chi connectivity index (χ2v) is 5.01. The van der Waals surface area contributed by atoms with E-state index in [0.717, 1.165) is 0 Å². The van der Waals surface area contributed by atoms with Gasteiger partial charge >= 0.3 is 5.97 Å². The molecule has 0 aromatic carbocycles. The first kappa shape index (κ1) is 15.7. The molecule has 0 saturated carbocycles. The number of rotatable bonds is 6. The predicted molar refractivity (Wildman–Crippen MR) is 75.8 cm³/mol. The molecule has 1 N–H and O–H groups in total. The molecule has 8 heteroatoms. The van der Waals surface area contributed by atoms with Gasteiger partial charge in [-0.1, -0.05) is 11.6 Å². The number of fused-ring (bicyclic) bond motifs is 1. The summed E-state index contributed by atoms with van der Waals surface area (Å²) in [6.07, 6.45) is 0.680. The van der Waals surface area contributed by atoms with Crippen molar-refractivity contribution in [2.24, 2.45) is 0 Å². The molecule has 0 aliphatic rings. The quantitative estimate of drug-likeness (QED) is 0.879. The Morgan fingerprint density at radius 3 is 2.86 bits per heavy atom. The number of carboxylic acids is 1. The third-order valence-corrected chi connectivity index (χ3v) is 3.27. The maximum absolute atomic E-state index is 11.4. The van der Waals surface area contributed by atoms with Gasteiger partial charge in [0.1, 0.15) is 5.56 Å². The second kappa shape index (κ2) is 6.38. The van der Waals surface area contributed by atoms with Crippen LogP contribution in [0.4, 0.5) is 0 Å². The van der Waals surface area contributed by atoms with Gasteiger partial charge < -0.3 is 14.6 Å². The summed E-state index contributed by atoms with van der Waals surface area (Å²) in [6, 6.07) is 1.56. The van der Waals surface area contributed by atoms with Crippen LogP contribution in [-0.2, 0) is 9.47 Å². The molecule has 2 rings (SSSR count). The smallest absolute Gasteiger partial charge is 0.339 e. The average Bonchev–Trinajstić information content (AvgIpc) is 2.82. The molecule has 0 aliphatic heterocycles. The largest absolute Gasteiger partial charge is 0.478 e. The van der Waals surface area contributed by atoms with Gasteiger partial charge in [0.2, 0.25) is 0 Å². The highest BCUT2D eigenvalue weighted by Gasteiger charge is 2.22. The molecule has 0 amide bonds. The number of hydrogen-bond acceptors (Lipinski definition) is 5. The van der Waals surface area contributed by atoms with Crippen LogP contribution in [0.25, 0.3) is 5.65 Å². The first-order chi connectivity index (χ1) is 9.93. The number of aromatic carboxylic acids is 1. The fourth-order valence-electron chi connectivity index (χ4n) is 1.91. The highest BCUT2D eigenvalue weighted by atomic mass is 35.5. The maximum Gasteiger partial charge on any atom is 0.339 e. The van der Waals surface area contributed by atoms with E-state index in [1.165, 1.54) is 10.7 Å². The number of halogens is 1. The Morgan fingerprint density at radius 1 is 1.52 bits per heavy atom. The van der Waals surface area contributed by atoms with Crippen LogP contribution in [0.5, 0.6) is 0 Å². The van der Waals surface area contributed by atoms with E-state index in [0.29, 0.717) is 17.9 Å². The van der Waals surface area contributed by atoms with Crippen LogP contribution < -0.4 is 0 Å². The summed E-state index contributed by atoms with van der Waals surface area (Å²) in [5.74, 6) is -1.10. The van der Waals surface area contributed by atoms with Crippen LogP contribution in [0.2, 0.25) is 5.15 Å². The molecule has 114 valence electrons. The first-order valence-corrected chi connectivity index (χ1v) is 6.73. The van der Waals surface area contributed by atoms with Gasteiger partial charge in [0, 0.05) is 19.4 Å². The summed E-state index contributed by atoms with van der Waals surface area (Å²) in [4.78, 5) is 15.4. The number of nitrogens with zero attached hydrogens (tertiary/aromatic N) is 3. The van der Waals surface area contributed by atoms with E-state index in [2.05, 4.69) is 10.1 Å². The molecule has 7 nitrogen and oxygen atoms in total. The van der Waals surface area contributed by atoms with Gasteiger partial charge in [0.25, 0.3) is 0 Å². The Hall–Kier alpha value is -1.70. The maximum atomic E-state index is 11.4. The Kier molecular flexibility index (Phi) is 4.76. The van der Waals surface area contributed by atoms with Crippen LogP contribution >= 0.6 is 11.6 Å². The van der Waals surface area contributed by atoms with Crippen LogP contribution in [0, 0.1) is 0 Å². The Balaban J connectivity index is 2.43. The zero-order chi connectivity index (χ0) is 15.6. The normalized spacial score (nSPS) is 14.3. The molecule has 0 spiro atoms. The van der Waals surface area contributed by atoms with Gasteiger partial charge in [-0.05, 0) is 13.8 Å². The highest BCUT2D eigenvalue weighted by Crippen LogP contribution is 2.23. The second-order valence-electron chi connectivity index (χ2n) is 4.62. The summed E-state index contributed by atoms with van der Waals surface area (Å²) < 4.78 is 12.2. The third kappa shape index (κ3) is 3.31. The molecule has 2 unspecified atom stereocenters. The summed E-state index contributed by atoms with van der Waals surface area (Å²) in [6.45, 7) is 3.94. The standard InChI is InChI=1S/C13H16ClN3O4/c1-7(20-3)6-21-8(2)12-9(13(18)19)5-15-11-4-10(14)16-17(11)12/h4-5,7-8H,6H2,1-3H3,(H,18,19). The lowest BCUT2D eigenvalue weighted by molar-refractivity contribution is -0.0167. The van der Waals surface area contributed by atoms with Gasteiger partial charge in [0.15, 0.2) is 10.8 Å². The number of hydrogen-bond donors (Lipinski definition) is 1. The van der Waals surface area contributed by atoms with Gasteiger partial charge in [-0.2, -0.15) is 5.10 Å². The van der Waals surface area contributed by atoms with Crippen molar-refractivity contribution < 1.29 is 19.4 Å². The van der Waals surface area contributed by atoms with Crippen molar-refractivity contribution in [3.8, 4) is 0 Å². The Morgan fingerprint density at radius 2 is 2.24 bits per heavy atom. The summed E-state index contributed by atoms with van der Waals surface area (Å²) in [7, 11) is 1.58. The SMILES string of the molecule is COC(C)COC(C)c1c(C(=O)O)cnc2cc(Cl)nn12. The van der Waals surface area contributed by atoms with Crippen LogP contribution in [0.3, 0.4) is 0 Å². The first-order valence-electron chi connectivity index (χ1n) is 6.36. The van der Waals surface area contributed by atoms with E-state index in [-0.39, 0.29) is 16.8 Å². The molecule has 0 saturated heterocycles. The van der Waals surface area contributed by atoms with E-state index in [9.17, 15) is 9.90 Å². The lowest BCUT2D eigenvalue weighted by atomic mass is 10.1. The molecule has 2 aromatic rings. The summed E-state index contributed by atoms with van der Waals surface area (Å²) >= 11 is 5.86. The van der Waals surface area contributed by atoms with Gasteiger partial charge in [-0.3, -0.25) is 0 Å². The van der Waals surface area contributed by atoms with Crippen molar-refractivity contribution in [3.63, 3.8) is 0 Å². The molecular formula is C13H16ClN3O4. The minimum atomic E-state index is -1.10. The zero-order valence-corrected chi connectivity index (χ0v) is 12.7. The number of methoxy groups -OCH3 is 1. The van der Waals surface area contributed by atoms with Gasteiger partial charge in [-0.25, -0.2) is 14.3 Å². The van der Waals surface area contributed by atoms with Crippen LogP contribution in [-0.4, -0.2) is 45.5 Å². The number of carboxylic acid groups (broad SMARTS) is 1. The molecule has 0 radical (unpaired) electrons. The Labute approximate surface area is 126 Å². The minimum absolute atomic E-state index is 0.0276. The van der Waals surface area contributed by atoms with Crippen LogP contribution in [0.15, 0.2) is 12.3 Å². The van der Waals surface area contributed by atoms with Gasteiger partial charge in [0.05, 0.1) is 24.5 Å². The van der Waals surface area contributed by atoms with Crippen molar-refractivity contribution >= 4 is 23.2 Å². The minimum Gasteiger partial charge on any atom is -0.478 e. The fraction of sp³-hybridized carbons (Fsp3) is 0.462. The van der Waals surface area contributed by atoms with Crippen molar-refractivity contribution in [2.75, 3.05) is 13.7 Å². The lowest BCUT2D eigenvalue weighted by Crippen LogP contribution is -2.19. The number of carbonyl (C=O) groups is 1. The van der Waals surface area contributed by atoms with E-state index in [1.807, 2.05) is 6.92 Å². The molecule has 2 aromatic heterocycles. The monoisotopic (exact) mass is 313 g/mol. The molecule has 2 heterocycles. The fourth-order valence-corrected chi connectivity index (χ4v) is 2.08. The number of aromatic nitrogens is 3. The van der Waals surface area contributed by atoms with E-state index in [1.54, 1.807) is 20.1 Å². The molecule has 2 atom stereocenters. The van der Waals surface area contributed by atoms with Crippen molar-refractivity contribution in [1.29, 1.82) is 0 Å². The van der Waals surface area contributed by atoms with E-state index < -0.39 is 12.1 Å². The molecular weight excluding hydrogens is 298 g/mol. The molecule has 21 heavy (non-hydrogen) atoms. The summed E-state index contributed by atoms with van der Waals surface area (Å²) in [5.41, 5.74) is 0.887. The zero-order valence-electron chi connectivity index (χ0n) is 11.9. The molecule has 0 aliphatic carbocycles. The lowest BCUT2D eigenvalue weighted by Gasteiger charge is -2.18. The van der Waals surface area contributed by atoms with Crippen molar-refractivity contribution in [3.05, 3.63) is 28.7 Å². The van der Waals surface area contributed by atoms with Gasteiger partial charge in [-0.15, -0.1) is 0 Å². The Bertz CT molecular complexity index is 658. The third-order valence-electron chi connectivity index (χ3n) is 3.09. The van der Waals surface area contributed by atoms with E-state index >= 15 is 0 Å². The van der Waals surface area contributed by atoms with Crippen LogP contribution in [0.1, 0.15) is 36.0 Å². The molecule has 0 bridgehead atoms.